The molecule has 3 aliphatic carbocycles. The lowest BCUT2D eigenvalue weighted by Gasteiger charge is -2.32. The first kappa shape index (κ1) is 27.3. The monoisotopic (exact) mass is 538 g/mol. The van der Waals surface area contributed by atoms with Gasteiger partial charge in [0.25, 0.3) is 5.91 Å². The number of nitrogens with zero attached hydrogens (tertiary/aromatic N) is 1. The van der Waals surface area contributed by atoms with Crippen LogP contribution in [0.2, 0.25) is 5.02 Å². The van der Waals surface area contributed by atoms with Crippen molar-refractivity contribution < 1.29 is 14.7 Å². The Morgan fingerprint density at radius 1 is 1.11 bits per heavy atom. The van der Waals surface area contributed by atoms with E-state index in [-0.39, 0.29) is 28.7 Å². The molecule has 0 unspecified atom stereocenters. The summed E-state index contributed by atoms with van der Waals surface area (Å²) in [7, 11) is 1.96. The van der Waals surface area contributed by atoms with Crippen LogP contribution in [0, 0.1) is 11.8 Å². The number of hydrogen-bond acceptors (Lipinski definition) is 2. The van der Waals surface area contributed by atoms with Crippen LogP contribution in [0.5, 0.6) is 0 Å². The highest BCUT2D eigenvalue weighted by Crippen LogP contribution is 2.50. The molecule has 3 aliphatic rings. The number of amides is 1. The van der Waals surface area contributed by atoms with E-state index < -0.39 is 5.97 Å². The minimum absolute atomic E-state index is 0.000385. The first-order valence-corrected chi connectivity index (χ1v) is 14.8. The zero-order valence-electron chi connectivity index (χ0n) is 23.6. The summed E-state index contributed by atoms with van der Waals surface area (Å²) in [6, 6.07) is 6.90. The summed E-state index contributed by atoms with van der Waals surface area (Å²) < 4.78 is 2.00. The summed E-state index contributed by atoms with van der Waals surface area (Å²) >= 11 is 7.12. The van der Waals surface area contributed by atoms with Crippen molar-refractivity contribution in [3.63, 3.8) is 0 Å². The second-order valence-corrected chi connectivity index (χ2v) is 13.9. The van der Waals surface area contributed by atoms with Crippen molar-refractivity contribution in [1.29, 1.82) is 0 Å². The van der Waals surface area contributed by atoms with Gasteiger partial charge in [-0.3, -0.25) is 9.59 Å². The van der Waals surface area contributed by atoms with Gasteiger partial charge in [0.1, 0.15) is 5.69 Å². The third-order valence-electron chi connectivity index (χ3n) is 9.45. The van der Waals surface area contributed by atoms with Crippen molar-refractivity contribution >= 4 is 23.5 Å². The quantitative estimate of drug-likeness (QED) is 0.385. The molecular weight excluding hydrogens is 496 g/mol. The fourth-order valence-corrected chi connectivity index (χ4v) is 6.79. The Morgan fingerprint density at radius 3 is 2.34 bits per heavy atom. The number of carboxylic acids is 1. The summed E-state index contributed by atoms with van der Waals surface area (Å²) in [5, 5.41) is 12.9. The third-order valence-corrected chi connectivity index (χ3v) is 9.86. The molecule has 1 aromatic heterocycles. The van der Waals surface area contributed by atoms with Crippen molar-refractivity contribution in [2.24, 2.45) is 18.9 Å². The second-order valence-electron chi connectivity index (χ2n) is 13.5. The molecule has 3 saturated carbocycles. The molecule has 6 heteroatoms. The fourth-order valence-electron chi connectivity index (χ4n) is 6.41. The number of halogens is 1. The summed E-state index contributed by atoms with van der Waals surface area (Å²) in [6.45, 7) is 9.12. The SMILES string of the molecule is Cn1c(C(=O)N[C@H]2C[C@H](C(=O)O)C2)c(Cl)c(CC2CCCCC2)c1-c1cc(C(C)(C)C)cc(C2(C)CC2)c1. The van der Waals surface area contributed by atoms with Crippen LogP contribution in [-0.2, 0) is 29.1 Å². The molecule has 38 heavy (non-hydrogen) atoms. The smallest absolute Gasteiger partial charge is 0.306 e. The van der Waals surface area contributed by atoms with Gasteiger partial charge in [0.2, 0.25) is 0 Å². The van der Waals surface area contributed by atoms with E-state index in [9.17, 15) is 14.7 Å². The predicted octanol–water partition coefficient (Wildman–Crippen LogP) is 7.41. The lowest BCUT2D eigenvalue weighted by Crippen LogP contribution is -2.47. The van der Waals surface area contributed by atoms with Crippen LogP contribution in [0.15, 0.2) is 18.2 Å². The number of carbonyl (C=O) groups excluding carboxylic acids is 1. The molecule has 5 rings (SSSR count). The predicted molar refractivity (Wildman–Crippen MR) is 153 cm³/mol. The molecule has 5 nitrogen and oxygen atoms in total. The number of hydrogen-bond donors (Lipinski definition) is 2. The van der Waals surface area contributed by atoms with Crippen LogP contribution in [0.4, 0.5) is 0 Å². The molecule has 1 amide bonds. The number of carboxylic acid groups (broad SMARTS) is 1. The van der Waals surface area contributed by atoms with Crippen molar-refractivity contribution in [2.75, 3.05) is 0 Å². The van der Waals surface area contributed by atoms with Crippen LogP contribution in [0.3, 0.4) is 0 Å². The number of benzene rings is 1. The zero-order chi connectivity index (χ0) is 27.4. The number of carbonyl (C=O) groups is 2. The Bertz CT molecular complexity index is 1210. The Kier molecular flexibility index (Phi) is 7.21. The number of rotatable bonds is 7. The maximum absolute atomic E-state index is 13.6. The normalized spacial score (nSPS) is 23.1. The highest BCUT2D eigenvalue weighted by atomic mass is 35.5. The molecule has 2 N–H and O–H groups in total. The van der Waals surface area contributed by atoms with E-state index in [0.29, 0.717) is 29.5 Å². The molecule has 0 atom stereocenters. The standard InChI is InChI=1S/C32H43ClN2O3/c1-31(2,3)22-14-20(15-23(18-22)32(4)11-12-32)27-25(13-19-9-7-6-8-10-19)26(33)28(35(27)5)29(36)34-24-16-21(17-24)30(37)38/h14-15,18-19,21,24H,6-13,16-17H2,1-5H3,(H,34,36)(H,37,38)/t21-,24-. The number of aliphatic carboxylic acids is 1. The van der Waals surface area contributed by atoms with E-state index in [1.54, 1.807) is 0 Å². The molecule has 0 aliphatic heterocycles. The molecule has 0 radical (unpaired) electrons. The average Bonchev–Trinajstić information content (AvgIpc) is 3.53. The highest BCUT2D eigenvalue weighted by Gasteiger charge is 2.40. The van der Waals surface area contributed by atoms with Gasteiger partial charge >= 0.3 is 5.97 Å². The van der Waals surface area contributed by atoms with E-state index >= 15 is 0 Å². The van der Waals surface area contributed by atoms with Gasteiger partial charge in [-0.2, -0.15) is 0 Å². The largest absolute Gasteiger partial charge is 0.481 e. The maximum atomic E-state index is 13.6. The minimum atomic E-state index is -0.789. The van der Waals surface area contributed by atoms with Gasteiger partial charge in [0, 0.05) is 13.1 Å². The summed E-state index contributed by atoms with van der Waals surface area (Å²) in [4.78, 5) is 24.8. The molecule has 3 fully saturated rings. The molecule has 0 saturated heterocycles. The lowest BCUT2D eigenvalue weighted by atomic mass is 9.80. The average molecular weight is 539 g/mol. The van der Waals surface area contributed by atoms with Gasteiger partial charge in [-0.1, -0.05) is 77.5 Å². The van der Waals surface area contributed by atoms with E-state index in [4.69, 9.17) is 11.6 Å². The molecule has 1 heterocycles. The fraction of sp³-hybridized carbons (Fsp3) is 0.625. The van der Waals surface area contributed by atoms with Gasteiger partial charge in [-0.05, 0) is 83.2 Å². The Morgan fingerprint density at radius 2 is 1.76 bits per heavy atom. The number of aromatic nitrogens is 1. The van der Waals surface area contributed by atoms with Crippen molar-refractivity contribution in [1.82, 2.24) is 9.88 Å². The van der Waals surface area contributed by atoms with Crippen molar-refractivity contribution in [3.8, 4) is 11.3 Å². The lowest BCUT2D eigenvalue weighted by molar-refractivity contribution is -0.145. The molecule has 206 valence electrons. The topological polar surface area (TPSA) is 71.3 Å². The van der Waals surface area contributed by atoms with Crippen LogP contribution in [-0.4, -0.2) is 27.6 Å². The van der Waals surface area contributed by atoms with Crippen molar-refractivity contribution in [2.45, 2.75) is 109 Å². The van der Waals surface area contributed by atoms with Crippen LogP contribution in [0.25, 0.3) is 11.3 Å². The van der Waals surface area contributed by atoms with Gasteiger partial charge in [-0.15, -0.1) is 0 Å². The first-order valence-electron chi connectivity index (χ1n) is 14.4. The maximum Gasteiger partial charge on any atom is 0.306 e. The summed E-state index contributed by atoms with van der Waals surface area (Å²) in [5.74, 6) is -0.788. The van der Waals surface area contributed by atoms with E-state index in [1.165, 1.54) is 56.1 Å². The van der Waals surface area contributed by atoms with E-state index in [1.807, 2.05) is 11.6 Å². The van der Waals surface area contributed by atoms with Gasteiger partial charge in [-0.25, -0.2) is 0 Å². The Labute approximate surface area is 232 Å². The van der Waals surface area contributed by atoms with E-state index in [2.05, 4.69) is 51.2 Å². The molecule has 2 aromatic rings. The summed E-state index contributed by atoms with van der Waals surface area (Å²) in [6.07, 6.45) is 10.5. The minimum Gasteiger partial charge on any atom is -0.481 e. The van der Waals surface area contributed by atoms with Gasteiger partial charge < -0.3 is 15.0 Å². The van der Waals surface area contributed by atoms with Gasteiger partial charge in [0.15, 0.2) is 0 Å². The van der Waals surface area contributed by atoms with Crippen LogP contribution < -0.4 is 5.32 Å². The first-order chi connectivity index (χ1) is 17.9. The van der Waals surface area contributed by atoms with Crippen LogP contribution in [0.1, 0.15) is 113 Å². The molecule has 0 spiro atoms. The third kappa shape index (κ3) is 5.28. The number of nitrogens with one attached hydrogen (secondary N) is 1. The Balaban J connectivity index is 1.57. The van der Waals surface area contributed by atoms with E-state index in [0.717, 1.165) is 23.2 Å². The molecular formula is C32H43ClN2O3. The molecule has 1 aromatic carbocycles. The zero-order valence-corrected chi connectivity index (χ0v) is 24.4. The van der Waals surface area contributed by atoms with Crippen LogP contribution >= 0.6 is 11.6 Å². The molecule has 0 bridgehead atoms. The summed E-state index contributed by atoms with van der Waals surface area (Å²) in [5.41, 5.74) is 6.68. The highest BCUT2D eigenvalue weighted by molar-refractivity contribution is 6.35. The Hall–Kier alpha value is -2.27. The second kappa shape index (κ2) is 10.0. The van der Waals surface area contributed by atoms with Crippen molar-refractivity contribution in [3.05, 3.63) is 45.6 Å². The van der Waals surface area contributed by atoms with Gasteiger partial charge in [0.05, 0.1) is 16.6 Å².